The second-order valence-electron chi connectivity index (χ2n) is 5.99. The van der Waals surface area contributed by atoms with Crippen molar-refractivity contribution in [2.45, 2.75) is 38.6 Å². The maximum atomic E-state index is 12.3. The van der Waals surface area contributed by atoms with Crippen LogP contribution in [0.15, 0.2) is 16.8 Å². The predicted molar refractivity (Wildman–Crippen MR) is 89.0 cm³/mol. The van der Waals surface area contributed by atoms with Gasteiger partial charge >= 0.3 is 6.03 Å². The third-order valence-electron chi connectivity index (χ3n) is 4.15. The van der Waals surface area contributed by atoms with E-state index in [9.17, 15) is 9.59 Å². The number of hydrogen-bond acceptors (Lipinski definition) is 3. The van der Waals surface area contributed by atoms with Gasteiger partial charge in [-0.3, -0.25) is 4.79 Å². The van der Waals surface area contributed by atoms with Crippen molar-refractivity contribution in [1.29, 1.82) is 0 Å². The normalized spacial score (nSPS) is 17.1. The minimum atomic E-state index is 0.0149. The molecule has 0 spiro atoms. The van der Waals surface area contributed by atoms with Gasteiger partial charge in [0.15, 0.2) is 0 Å². The minimum absolute atomic E-state index is 0.0149. The fourth-order valence-corrected chi connectivity index (χ4v) is 3.50. The molecule has 2 rings (SSSR count). The number of piperidine rings is 1. The van der Waals surface area contributed by atoms with Gasteiger partial charge in [0.1, 0.15) is 0 Å². The number of rotatable bonds is 5. The van der Waals surface area contributed by atoms with Gasteiger partial charge < -0.3 is 15.5 Å². The molecule has 0 aromatic carbocycles. The first-order valence-corrected chi connectivity index (χ1v) is 8.80. The van der Waals surface area contributed by atoms with Gasteiger partial charge in [-0.1, -0.05) is 0 Å². The van der Waals surface area contributed by atoms with Crippen LogP contribution >= 0.6 is 11.3 Å². The van der Waals surface area contributed by atoms with Crippen LogP contribution < -0.4 is 10.6 Å². The number of likely N-dealkylation sites (tertiary alicyclic amines) is 1. The van der Waals surface area contributed by atoms with Crippen LogP contribution in [-0.4, -0.2) is 43.0 Å². The maximum absolute atomic E-state index is 12.3. The summed E-state index contributed by atoms with van der Waals surface area (Å²) in [6.45, 7) is 3.51. The highest BCUT2D eigenvalue weighted by Gasteiger charge is 2.24. The molecule has 3 amide bonds. The summed E-state index contributed by atoms with van der Waals surface area (Å²) < 4.78 is 0. The molecule has 1 aliphatic rings. The van der Waals surface area contributed by atoms with Crippen molar-refractivity contribution in [2.75, 3.05) is 20.1 Å². The summed E-state index contributed by atoms with van der Waals surface area (Å²) in [7, 11) is 1.67. The Morgan fingerprint density at radius 1 is 1.41 bits per heavy atom. The highest BCUT2D eigenvalue weighted by atomic mass is 32.1. The third kappa shape index (κ3) is 5.02. The van der Waals surface area contributed by atoms with E-state index in [0.717, 1.165) is 32.4 Å². The van der Waals surface area contributed by atoms with Crippen molar-refractivity contribution in [2.24, 2.45) is 5.92 Å². The van der Waals surface area contributed by atoms with Crippen LogP contribution in [-0.2, 0) is 11.2 Å². The average Bonchev–Trinajstić information content (AvgIpc) is 3.00. The maximum Gasteiger partial charge on any atom is 0.317 e. The number of nitrogens with one attached hydrogen (secondary N) is 2. The lowest BCUT2D eigenvalue weighted by molar-refractivity contribution is -0.121. The Morgan fingerprint density at radius 2 is 2.14 bits per heavy atom. The number of hydrogen-bond donors (Lipinski definition) is 2. The zero-order chi connectivity index (χ0) is 15.9. The van der Waals surface area contributed by atoms with E-state index in [4.69, 9.17) is 0 Å². The summed E-state index contributed by atoms with van der Waals surface area (Å²) in [5.41, 5.74) is 1.27. The third-order valence-corrected chi connectivity index (χ3v) is 4.88. The quantitative estimate of drug-likeness (QED) is 0.873. The summed E-state index contributed by atoms with van der Waals surface area (Å²) in [6, 6.07) is 2.24. The Balaban J connectivity index is 1.71. The van der Waals surface area contributed by atoms with Crippen molar-refractivity contribution < 1.29 is 9.59 Å². The van der Waals surface area contributed by atoms with E-state index < -0.39 is 0 Å². The Bertz CT molecular complexity index is 482. The fraction of sp³-hybridized carbons (Fsp3) is 0.625. The lowest BCUT2D eigenvalue weighted by Gasteiger charge is -2.32. The molecular formula is C16H25N3O2S. The molecule has 1 aromatic heterocycles. The number of nitrogens with zero attached hydrogens (tertiary/aromatic N) is 1. The van der Waals surface area contributed by atoms with Crippen LogP contribution in [0.4, 0.5) is 4.79 Å². The molecule has 1 atom stereocenters. The Labute approximate surface area is 136 Å². The highest BCUT2D eigenvalue weighted by molar-refractivity contribution is 7.07. The second kappa shape index (κ2) is 8.17. The van der Waals surface area contributed by atoms with Gasteiger partial charge in [0.2, 0.25) is 5.91 Å². The molecule has 1 fully saturated rings. The molecule has 5 nitrogen and oxygen atoms in total. The Kier molecular flexibility index (Phi) is 6.24. The van der Waals surface area contributed by atoms with Crippen molar-refractivity contribution in [3.05, 3.63) is 22.4 Å². The number of carbonyl (C=O) groups is 2. The molecule has 0 bridgehead atoms. The Morgan fingerprint density at radius 3 is 2.73 bits per heavy atom. The summed E-state index contributed by atoms with van der Waals surface area (Å²) in [6.07, 6.45) is 3.24. The number of urea groups is 1. The van der Waals surface area contributed by atoms with Crippen LogP contribution in [0.25, 0.3) is 0 Å². The first-order valence-electron chi connectivity index (χ1n) is 7.85. The van der Waals surface area contributed by atoms with E-state index in [0.29, 0.717) is 12.3 Å². The molecule has 1 saturated heterocycles. The van der Waals surface area contributed by atoms with Gasteiger partial charge in [-0.2, -0.15) is 11.3 Å². The van der Waals surface area contributed by atoms with E-state index in [1.165, 1.54) is 5.56 Å². The van der Waals surface area contributed by atoms with Gasteiger partial charge in [0.25, 0.3) is 0 Å². The molecule has 2 N–H and O–H groups in total. The Hall–Kier alpha value is -1.56. The monoisotopic (exact) mass is 323 g/mol. The lowest BCUT2D eigenvalue weighted by Crippen LogP contribution is -2.47. The molecule has 2 heterocycles. The summed E-state index contributed by atoms with van der Waals surface area (Å²) in [5, 5.41) is 9.90. The first-order chi connectivity index (χ1) is 10.6. The van der Waals surface area contributed by atoms with Crippen molar-refractivity contribution in [3.63, 3.8) is 0 Å². The summed E-state index contributed by atoms with van der Waals surface area (Å²) in [4.78, 5) is 25.5. The molecule has 122 valence electrons. The number of thiophene rings is 1. The van der Waals surface area contributed by atoms with Crippen LogP contribution in [0, 0.1) is 5.92 Å². The standard InChI is InChI=1S/C16H25N3O2S/c1-12(9-14-5-8-22-11-14)18-16(21)19-6-3-13(4-7-19)10-15(20)17-2/h5,8,11-13H,3-4,6-7,9-10H2,1-2H3,(H,17,20)(H,18,21)/t12-/m0/s1. The zero-order valence-electron chi connectivity index (χ0n) is 13.3. The average molecular weight is 323 g/mol. The van der Waals surface area contributed by atoms with Crippen molar-refractivity contribution in [1.82, 2.24) is 15.5 Å². The molecule has 0 aliphatic carbocycles. The highest BCUT2D eigenvalue weighted by Crippen LogP contribution is 2.20. The van der Waals surface area contributed by atoms with Gasteiger partial charge in [-0.15, -0.1) is 0 Å². The van der Waals surface area contributed by atoms with Gasteiger partial charge in [0, 0.05) is 32.6 Å². The lowest BCUT2D eigenvalue weighted by atomic mass is 9.93. The molecule has 22 heavy (non-hydrogen) atoms. The zero-order valence-corrected chi connectivity index (χ0v) is 14.1. The minimum Gasteiger partial charge on any atom is -0.359 e. The van der Waals surface area contributed by atoms with E-state index in [1.54, 1.807) is 18.4 Å². The summed E-state index contributed by atoms with van der Waals surface area (Å²) in [5.74, 6) is 0.486. The second-order valence-corrected chi connectivity index (χ2v) is 6.77. The topological polar surface area (TPSA) is 61.4 Å². The molecular weight excluding hydrogens is 298 g/mol. The predicted octanol–water partition coefficient (Wildman–Crippen LogP) is 2.24. The largest absolute Gasteiger partial charge is 0.359 e. The van der Waals surface area contributed by atoms with Gasteiger partial charge in [-0.25, -0.2) is 4.79 Å². The molecule has 6 heteroatoms. The number of amides is 3. The first kappa shape index (κ1) is 16.8. The van der Waals surface area contributed by atoms with E-state index in [-0.39, 0.29) is 18.0 Å². The SMILES string of the molecule is CNC(=O)CC1CCN(C(=O)N[C@@H](C)Cc2ccsc2)CC1. The van der Waals surface area contributed by atoms with Crippen molar-refractivity contribution in [3.8, 4) is 0 Å². The van der Waals surface area contributed by atoms with Crippen LogP contribution in [0.1, 0.15) is 31.7 Å². The van der Waals surface area contributed by atoms with Crippen LogP contribution in [0.5, 0.6) is 0 Å². The van der Waals surface area contributed by atoms with E-state index >= 15 is 0 Å². The smallest absolute Gasteiger partial charge is 0.317 e. The molecule has 0 saturated carbocycles. The van der Waals surface area contributed by atoms with Crippen molar-refractivity contribution >= 4 is 23.3 Å². The molecule has 1 aromatic rings. The molecule has 0 unspecified atom stereocenters. The molecule has 1 aliphatic heterocycles. The van der Waals surface area contributed by atoms with Crippen LogP contribution in [0.3, 0.4) is 0 Å². The van der Waals surface area contributed by atoms with Gasteiger partial charge in [-0.05, 0) is 54.5 Å². The van der Waals surface area contributed by atoms with E-state index in [2.05, 4.69) is 27.5 Å². The van der Waals surface area contributed by atoms with Gasteiger partial charge in [0.05, 0.1) is 0 Å². The molecule has 0 radical (unpaired) electrons. The fourth-order valence-electron chi connectivity index (χ4n) is 2.82. The number of carbonyl (C=O) groups excluding carboxylic acids is 2. The van der Waals surface area contributed by atoms with E-state index in [1.807, 2.05) is 11.8 Å². The summed E-state index contributed by atoms with van der Waals surface area (Å²) >= 11 is 1.68. The van der Waals surface area contributed by atoms with Crippen LogP contribution in [0.2, 0.25) is 0 Å².